The van der Waals surface area contributed by atoms with Crippen LogP contribution in [0.25, 0.3) is 0 Å². The molecular formula is C49H90NO7+. The van der Waals surface area contributed by atoms with Crippen molar-refractivity contribution in [1.82, 2.24) is 0 Å². The molecule has 332 valence electrons. The fourth-order valence-corrected chi connectivity index (χ4v) is 6.81. The molecule has 0 rings (SSSR count). The van der Waals surface area contributed by atoms with Crippen LogP contribution in [0.4, 0.5) is 0 Å². The van der Waals surface area contributed by atoms with Gasteiger partial charge in [-0.1, -0.05) is 159 Å². The van der Waals surface area contributed by atoms with E-state index in [0.717, 1.165) is 64.2 Å². The number of carbonyl (C=O) groups excluding carboxylic acids is 2. The van der Waals surface area contributed by atoms with Crippen molar-refractivity contribution in [3.05, 3.63) is 36.5 Å². The standard InChI is InChI=1S/C49H89NO7/c1-6-8-10-12-14-16-18-19-20-21-22-23-24-25-26-27-28-30-32-34-36-38-40-48(52)57-45(43-55-42-41-46(49(53)54)50(3,4)5)44-56-47(51)39-37-35-33-31-29-17-15-13-11-9-7-2/h13,15,21-22,24-25,45-46H,6-12,14,16-20,23,26-44H2,1-5H3/p+1/b15-13+,22-21+,25-24+. The Hall–Kier alpha value is -2.45. The van der Waals surface area contributed by atoms with Crippen molar-refractivity contribution in [2.24, 2.45) is 0 Å². The summed E-state index contributed by atoms with van der Waals surface area (Å²) in [5.41, 5.74) is 0. The van der Waals surface area contributed by atoms with E-state index in [1.165, 1.54) is 109 Å². The van der Waals surface area contributed by atoms with E-state index in [1.807, 2.05) is 21.1 Å². The molecule has 0 fully saturated rings. The predicted octanol–water partition coefficient (Wildman–Crippen LogP) is 13.0. The van der Waals surface area contributed by atoms with E-state index in [1.54, 1.807) is 0 Å². The lowest BCUT2D eigenvalue weighted by atomic mass is 10.1. The summed E-state index contributed by atoms with van der Waals surface area (Å²) in [7, 11) is 5.52. The number of aliphatic carboxylic acids is 1. The molecule has 2 unspecified atom stereocenters. The van der Waals surface area contributed by atoms with Crippen LogP contribution in [-0.4, -0.2) is 80.6 Å². The van der Waals surface area contributed by atoms with Gasteiger partial charge in [-0.25, -0.2) is 4.79 Å². The zero-order chi connectivity index (χ0) is 42.1. The summed E-state index contributed by atoms with van der Waals surface area (Å²) < 4.78 is 17.3. The number of nitrogens with zero attached hydrogens (tertiary/aromatic N) is 1. The third-order valence-electron chi connectivity index (χ3n) is 10.5. The maximum atomic E-state index is 12.7. The molecule has 0 aromatic carbocycles. The number of carboxylic acids is 1. The molecule has 0 saturated heterocycles. The molecular weight excluding hydrogens is 715 g/mol. The lowest BCUT2D eigenvalue weighted by molar-refractivity contribution is -0.887. The summed E-state index contributed by atoms with van der Waals surface area (Å²) in [5, 5.41) is 9.62. The summed E-state index contributed by atoms with van der Waals surface area (Å²) >= 11 is 0. The van der Waals surface area contributed by atoms with Crippen molar-refractivity contribution in [3.8, 4) is 0 Å². The highest BCUT2D eigenvalue weighted by atomic mass is 16.6. The number of carboxylic acid groups (broad SMARTS) is 1. The average Bonchev–Trinajstić information content (AvgIpc) is 3.17. The maximum Gasteiger partial charge on any atom is 0.362 e. The van der Waals surface area contributed by atoms with Gasteiger partial charge in [-0.15, -0.1) is 0 Å². The lowest BCUT2D eigenvalue weighted by Gasteiger charge is -2.31. The van der Waals surface area contributed by atoms with Crippen molar-refractivity contribution < 1.29 is 38.2 Å². The Bertz CT molecular complexity index is 1030. The van der Waals surface area contributed by atoms with Gasteiger partial charge >= 0.3 is 17.9 Å². The molecule has 2 atom stereocenters. The van der Waals surface area contributed by atoms with E-state index >= 15 is 0 Å². The molecule has 0 aliphatic rings. The first-order valence-electron chi connectivity index (χ1n) is 23.5. The number of hydrogen-bond acceptors (Lipinski definition) is 6. The molecule has 0 amide bonds. The topological polar surface area (TPSA) is 99.1 Å². The summed E-state index contributed by atoms with van der Waals surface area (Å²) in [5.74, 6) is -1.49. The molecule has 0 saturated carbocycles. The second-order valence-electron chi connectivity index (χ2n) is 17.0. The van der Waals surface area contributed by atoms with Gasteiger partial charge in [0.1, 0.15) is 6.61 Å². The summed E-state index contributed by atoms with van der Waals surface area (Å²) in [6.07, 6.45) is 46.2. The number of allylic oxidation sites excluding steroid dienone is 6. The number of ether oxygens (including phenoxy) is 3. The Morgan fingerprint density at radius 3 is 1.42 bits per heavy atom. The van der Waals surface area contributed by atoms with Crippen LogP contribution in [-0.2, 0) is 28.6 Å². The Balaban J connectivity index is 4.26. The molecule has 0 spiro atoms. The first kappa shape index (κ1) is 54.6. The number of carbonyl (C=O) groups is 3. The van der Waals surface area contributed by atoms with Gasteiger partial charge in [0.05, 0.1) is 34.4 Å². The Morgan fingerprint density at radius 2 is 0.947 bits per heavy atom. The molecule has 1 N–H and O–H groups in total. The van der Waals surface area contributed by atoms with Crippen LogP contribution in [0.2, 0.25) is 0 Å². The summed E-state index contributed by atoms with van der Waals surface area (Å²) in [6, 6.07) is -0.616. The third kappa shape index (κ3) is 38.8. The Morgan fingerprint density at radius 1 is 0.526 bits per heavy atom. The molecule has 0 aromatic rings. The molecule has 0 aliphatic carbocycles. The van der Waals surface area contributed by atoms with Crippen molar-refractivity contribution in [1.29, 1.82) is 0 Å². The number of esters is 2. The van der Waals surface area contributed by atoms with Crippen molar-refractivity contribution >= 4 is 17.9 Å². The molecule has 0 aliphatic heterocycles. The molecule has 0 radical (unpaired) electrons. The number of quaternary nitrogens is 1. The van der Waals surface area contributed by atoms with Gasteiger partial charge in [0.15, 0.2) is 12.1 Å². The van der Waals surface area contributed by atoms with Crippen LogP contribution in [0.1, 0.15) is 206 Å². The van der Waals surface area contributed by atoms with Crippen molar-refractivity contribution in [2.45, 2.75) is 219 Å². The predicted molar refractivity (Wildman–Crippen MR) is 238 cm³/mol. The smallest absolute Gasteiger partial charge is 0.362 e. The minimum atomic E-state index is -0.877. The molecule has 0 bridgehead atoms. The fourth-order valence-electron chi connectivity index (χ4n) is 6.81. The van der Waals surface area contributed by atoms with Crippen molar-refractivity contribution in [3.63, 3.8) is 0 Å². The van der Waals surface area contributed by atoms with Gasteiger partial charge < -0.3 is 23.8 Å². The van der Waals surface area contributed by atoms with Gasteiger partial charge in [0, 0.05) is 19.3 Å². The second-order valence-corrected chi connectivity index (χ2v) is 17.0. The maximum absolute atomic E-state index is 12.7. The monoisotopic (exact) mass is 805 g/mol. The van der Waals surface area contributed by atoms with Gasteiger partial charge in [0.25, 0.3) is 0 Å². The van der Waals surface area contributed by atoms with Crippen LogP contribution in [0.5, 0.6) is 0 Å². The lowest BCUT2D eigenvalue weighted by Crippen LogP contribution is -2.50. The zero-order valence-corrected chi connectivity index (χ0v) is 37.8. The van der Waals surface area contributed by atoms with E-state index in [9.17, 15) is 19.5 Å². The minimum Gasteiger partial charge on any atom is -0.477 e. The van der Waals surface area contributed by atoms with Gasteiger partial charge in [-0.2, -0.15) is 0 Å². The van der Waals surface area contributed by atoms with E-state index in [4.69, 9.17) is 14.2 Å². The van der Waals surface area contributed by atoms with Crippen LogP contribution >= 0.6 is 0 Å². The van der Waals surface area contributed by atoms with Gasteiger partial charge in [-0.3, -0.25) is 9.59 Å². The fraction of sp³-hybridized carbons (Fsp3) is 0.816. The normalized spacial score (nSPS) is 13.2. The summed E-state index contributed by atoms with van der Waals surface area (Å²) in [4.78, 5) is 37.0. The molecule has 0 heterocycles. The first-order chi connectivity index (χ1) is 27.6. The van der Waals surface area contributed by atoms with Crippen LogP contribution in [0.3, 0.4) is 0 Å². The molecule has 57 heavy (non-hydrogen) atoms. The van der Waals surface area contributed by atoms with Crippen molar-refractivity contribution in [2.75, 3.05) is 41.0 Å². The van der Waals surface area contributed by atoms with E-state index in [2.05, 4.69) is 50.3 Å². The quantitative estimate of drug-likeness (QED) is 0.0284. The highest BCUT2D eigenvalue weighted by molar-refractivity contribution is 5.72. The Labute approximate surface area is 351 Å². The SMILES string of the molecule is CCCC/C=C/CCCCCCCC(=O)OCC(COCCC(C(=O)O)[N+](C)(C)C)OC(=O)CCCCCCCCC/C=C/C/C=C/CCCCCCCCCC. The Kier molecular flexibility index (Phi) is 38.6. The number of unbranched alkanes of at least 4 members (excludes halogenated alkanes) is 22. The van der Waals surface area contributed by atoms with Crippen LogP contribution < -0.4 is 0 Å². The van der Waals surface area contributed by atoms with Crippen LogP contribution in [0, 0.1) is 0 Å². The van der Waals surface area contributed by atoms with Gasteiger partial charge in [0.2, 0.25) is 0 Å². The second kappa shape index (κ2) is 40.3. The first-order valence-corrected chi connectivity index (χ1v) is 23.5. The zero-order valence-electron chi connectivity index (χ0n) is 37.8. The van der Waals surface area contributed by atoms with Gasteiger partial charge in [-0.05, 0) is 64.2 Å². The highest BCUT2D eigenvalue weighted by Crippen LogP contribution is 2.14. The number of hydrogen-bond donors (Lipinski definition) is 1. The molecule has 0 aromatic heterocycles. The van der Waals surface area contributed by atoms with Crippen LogP contribution in [0.15, 0.2) is 36.5 Å². The van der Waals surface area contributed by atoms with E-state index in [0.29, 0.717) is 19.3 Å². The third-order valence-corrected chi connectivity index (χ3v) is 10.5. The molecule has 8 heteroatoms. The van der Waals surface area contributed by atoms with E-state index < -0.39 is 18.1 Å². The summed E-state index contributed by atoms with van der Waals surface area (Å²) in [6.45, 7) is 4.69. The highest BCUT2D eigenvalue weighted by Gasteiger charge is 2.31. The molecule has 8 nitrogen and oxygen atoms in total. The van der Waals surface area contributed by atoms with E-state index in [-0.39, 0.29) is 36.2 Å². The number of likely N-dealkylation sites (N-methyl/N-ethyl adjacent to an activating group) is 1. The number of rotatable bonds is 42. The average molecular weight is 805 g/mol. The largest absolute Gasteiger partial charge is 0.477 e. The minimum absolute atomic E-state index is 0.0562.